The predicted molar refractivity (Wildman–Crippen MR) is 67.0 cm³/mol. The minimum atomic E-state index is 0.0521. The molecule has 90 valence electrons. The molecule has 16 heavy (non-hydrogen) atoms. The van der Waals surface area contributed by atoms with Gasteiger partial charge in [-0.3, -0.25) is 0 Å². The fourth-order valence-corrected chi connectivity index (χ4v) is 1.60. The van der Waals surface area contributed by atoms with Gasteiger partial charge in [0.15, 0.2) is 0 Å². The van der Waals surface area contributed by atoms with Gasteiger partial charge in [0, 0.05) is 4.47 Å². The molecule has 0 saturated carbocycles. The highest BCUT2D eigenvalue weighted by atomic mass is 79.9. The number of rotatable bonds is 6. The lowest BCUT2D eigenvalue weighted by Crippen LogP contribution is -2.09. The van der Waals surface area contributed by atoms with Crippen molar-refractivity contribution in [3.05, 3.63) is 27.7 Å². The normalized spacial score (nSPS) is 10.5. The molecule has 0 aromatic heterocycles. The average Bonchev–Trinajstić information content (AvgIpc) is 2.25. The van der Waals surface area contributed by atoms with Gasteiger partial charge in [0.25, 0.3) is 0 Å². The molecule has 0 radical (unpaired) electrons. The lowest BCUT2D eigenvalue weighted by atomic mass is 10.1. The molecule has 0 aliphatic carbocycles. The minimum Gasteiger partial charge on any atom is -0.491 e. The molecule has 0 heterocycles. The zero-order chi connectivity index (χ0) is 12.0. The van der Waals surface area contributed by atoms with Crippen LogP contribution in [0.25, 0.3) is 0 Å². The third-order valence-electron chi connectivity index (χ3n) is 2.14. The smallest absolute Gasteiger partial charge is 0.120 e. The summed E-state index contributed by atoms with van der Waals surface area (Å²) >= 11 is 3.51. The lowest BCUT2D eigenvalue weighted by molar-refractivity contribution is 0.0705. The summed E-state index contributed by atoms with van der Waals surface area (Å²) in [7, 11) is 0. The number of benzene rings is 1. The largest absolute Gasteiger partial charge is 0.491 e. The van der Waals surface area contributed by atoms with Crippen LogP contribution in [0.1, 0.15) is 11.1 Å². The fraction of sp³-hybridized carbons (Fsp3) is 0.500. The van der Waals surface area contributed by atoms with Crippen LogP contribution in [-0.2, 0) is 4.74 Å². The van der Waals surface area contributed by atoms with E-state index in [1.165, 1.54) is 0 Å². The van der Waals surface area contributed by atoms with Crippen molar-refractivity contribution in [3.8, 4) is 5.75 Å². The van der Waals surface area contributed by atoms with E-state index < -0.39 is 0 Å². The van der Waals surface area contributed by atoms with E-state index in [1.54, 1.807) is 0 Å². The molecule has 0 saturated heterocycles. The molecule has 0 unspecified atom stereocenters. The zero-order valence-electron chi connectivity index (χ0n) is 9.62. The minimum absolute atomic E-state index is 0.0521. The van der Waals surface area contributed by atoms with Crippen molar-refractivity contribution < 1.29 is 14.6 Å². The van der Waals surface area contributed by atoms with Crippen molar-refractivity contribution in [3.63, 3.8) is 0 Å². The number of hydrogen-bond acceptors (Lipinski definition) is 3. The molecule has 1 aromatic rings. The molecule has 1 aromatic carbocycles. The standard InChI is InChI=1S/C12H17BrO3/c1-9-7-11(8-10(2)12(9)13)16-6-5-15-4-3-14/h7-8,14H,3-6H2,1-2H3. The molecule has 1 rings (SSSR count). The fourth-order valence-electron chi connectivity index (χ4n) is 1.37. The maximum Gasteiger partial charge on any atom is 0.120 e. The van der Waals surface area contributed by atoms with Crippen LogP contribution >= 0.6 is 15.9 Å². The summed E-state index contributed by atoms with van der Waals surface area (Å²) in [5, 5.41) is 8.51. The molecule has 0 spiro atoms. The Balaban J connectivity index is 2.43. The summed E-state index contributed by atoms with van der Waals surface area (Å²) in [5.74, 6) is 0.853. The van der Waals surface area contributed by atoms with Gasteiger partial charge in [-0.05, 0) is 37.1 Å². The van der Waals surface area contributed by atoms with E-state index in [0.29, 0.717) is 19.8 Å². The van der Waals surface area contributed by atoms with Crippen LogP contribution < -0.4 is 4.74 Å². The van der Waals surface area contributed by atoms with Gasteiger partial charge < -0.3 is 14.6 Å². The Morgan fingerprint density at radius 3 is 2.31 bits per heavy atom. The molecule has 0 amide bonds. The van der Waals surface area contributed by atoms with Crippen LogP contribution in [0.5, 0.6) is 5.75 Å². The number of ether oxygens (including phenoxy) is 2. The van der Waals surface area contributed by atoms with Gasteiger partial charge >= 0.3 is 0 Å². The van der Waals surface area contributed by atoms with Crippen LogP contribution in [0.2, 0.25) is 0 Å². The third kappa shape index (κ3) is 4.12. The van der Waals surface area contributed by atoms with E-state index >= 15 is 0 Å². The Morgan fingerprint density at radius 1 is 1.12 bits per heavy atom. The van der Waals surface area contributed by atoms with Crippen LogP contribution in [0, 0.1) is 13.8 Å². The first-order chi connectivity index (χ1) is 7.65. The molecule has 0 aliphatic rings. The molecule has 0 aliphatic heterocycles. The Kier molecular flexibility index (Phi) is 5.80. The van der Waals surface area contributed by atoms with E-state index in [1.807, 2.05) is 26.0 Å². The first-order valence-corrected chi connectivity index (χ1v) is 6.02. The highest BCUT2D eigenvalue weighted by Crippen LogP contribution is 2.26. The van der Waals surface area contributed by atoms with Gasteiger partial charge in [0.1, 0.15) is 12.4 Å². The molecule has 0 fully saturated rings. The van der Waals surface area contributed by atoms with Gasteiger partial charge in [0.05, 0.1) is 19.8 Å². The molecule has 0 bridgehead atoms. The van der Waals surface area contributed by atoms with E-state index in [-0.39, 0.29) is 6.61 Å². The summed E-state index contributed by atoms with van der Waals surface area (Å²) in [6.07, 6.45) is 0. The monoisotopic (exact) mass is 288 g/mol. The van der Waals surface area contributed by atoms with Gasteiger partial charge in [0.2, 0.25) is 0 Å². The topological polar surface area (TPSA) is 38.7 Å². The SMILES string of the molecule is Cc1cc(OCCOCCO)cc(C)c1Br. The van der Waals surface area contributed by atoms with Crippen LogP contribution in [-0.4, -0.2) is 31.5 Å². The Hall–Kier alpha value is -0.580. The Bertz CT molecular complexity index is 316. The second-order valence-electron chi connectivity index (χ2n) is 3.56. The lowest BCUT2D eigenvalue weighted by Gasteiger charge is -2.10. The predicted octanol–water partition coefficient (Wildman–Crippen LogP) is 2.45. The Labute approximate surface area is 105 Å². The first-order valence-electron chi connectivity index (χ1n) is 5.23. The van der Waals surface area contributed by atoms with Crippen molar-refractivity contribution in [2.75, 3.05) is 26.4 Å². The molecule has 3 nitrogen and oxygen atoms in total. The number of aliphatic hydroxyl groups excluding tert-OH is 1. The van der Waals surface area contributed by atoms with Crippen LogP contribution in [0.4, 0.5) is 0 Å². The maximum absolute atomic E-state index is 8.51. The van der Waals surface area contributed by atoms with E-state index in [2.05, 4.69) is 15.9 Å². The van der Waals surface area contributed by atoms with Gasteiger partial charge in [-0.2, -0.15) is 0 Å². The van der Waals surface area contributed by atoms with Crippen molar-refractivity contribution in [1.29, 1.82) is 0 Å². The second kappa shape index (κ2) is 6.89. The molecular weight excluding hydrogens is 272 g/mol. The highest BCUT2D eigenvalue weighted by molar-refractivity contribution is 9.10. The van der Waals surface area contributed by atoms with Crippen LogP contribution in [0.15, 0.2) is 16.6 Å². The van der Waals surface area contributed by atoms with Gasteiger partial charge in [-0.1, -0.05) is 15.9 Å². The van der Waals surface area contributed by atoms with E-state index in [4.69, 9.17) is 14.6 Å². The summed E-state index contributed by atoms with van der Waals surface area (Å²) in [6.45, 7) is 5.48. The number of aliphatic hydroxyl groups is 1. The van der Waals surface area contributed by atoms with Crippen LogP contribution in [0.3, 0.4) is 0 Å². The third-order valence-corrected chi connectivity index (χ3v) is 3.39. The highest BCUT2D eigenvalue weighted by Gasteiger charge is 2.02. The summed E-state index contributed by atoms with van der Waals surface area (Å²) in [4.78, 5) is 0. The zero-order valence-corrected chi connectivity index (χ0v) is 11.2. The van der Waals surface area contributed by atoms with Crippen molar-refractivity contribution in [2.24, 2.45) is 0 Å². The second-order valence-corrected chi connectivity index (χ2v) is 4.35. The number of halogens is 1. The van der Waals surface area contributed by atoms with E-state index in [9.17, 15) is 0 Å². The maximum atomic E-state index is 8.51. The molecule has 4 heteroatoms. The molecule has 1 N–H and O–H groups in total. The van der Waals surface area contributed by atoms with Crippen molar-refractivity contribution >= 4 is 15.9 Å². The van der Waals surface area contributed by atoms with Crippen molar-refractivity contribution in [2.45, 2.75) is 13.8 Å². The van der Waals surface area contributed by atoms with E-state index in [0.717, 1.165) is 21.3 Å². The van der Waals surface area contributed by atoms with Crippen molar-refractivity contribution in [1.82, 2.24) is 0 Å². The van der Waals surface area contributed by atoms with Gasteiger partial charge in [-0.15, -0.1) is 0 Å². The quantitative estimate of drug-likeness (QED) is 0.818. The summed E-state index contributed by atoms with van der Waals surface area (Å²) in [5.41, 5.74) is 2.32. The Morgan fingerprint density at radius 2 is 1.75 bits per heavy atom. The van der Waals surface area contributed by atoms with Gasteiger partial charge in [-0.25, -0.2) is 0 Å². The summed E-state index contributed by atoms with van der Waals surface area (Å²) in [6, 6.07) is 3.98. The first kappa shape index (κ1) is 13.5. The summed E-state index contributed by atoms with van der Waals surface area (Å²) < 4.78 is 11.8. The number of hydrogen-bond donors (Lipinski definition) is 1. The number of aryl methyl sites for hydroxylation is 2. The molecule has 0 atom stereocenters. The molecular formula is C12H17BrO3. The average molecular weight is 289 g/mol.